The van der Waals surface area contributed by atoms with Gasteiger partial charge < -0.3 is 15.8 Å². The largest absolute Gasteiger partial charge is 0.378 e. The van der Waals surface area contributed by atoms with Crippen LogP contribution in [0.2, 0.25) is 0 Å². The van der Waals surface area contributed by atoms with Crippen LogP contribution in [0.3, 0.4) is 0 Å². The molecule has 0 bridgehead atoms. The number of thiocarbonyl (C=S) groups is 1. The van der Waals surface area contributed by atoms with Gasteiger partial charge in [-0.2, -0.15) is 4.31 Å². The third kappa shape index (κ3) is 4.13. The number of nitrogens with one attached hydrogen (secondary N) is 2. The van der Waals surface area contributed by atoms with Crippen molar-refractivity contribution in [1.82, 2.24) is 9.62 Å². The molecule has 0 saturated carbocycles. The van der Waals surface area contributed by atoms with E-state index < -0.39 is 39.2 Å². The smallest absolute Gasteiger partial charge is 0.218 e. The Balaban J connectivity index is 2.47. The Bertz CT molecular complexity index is 791. The average molecular weight is 394 g/mol. The molecule has 0 amide bonds. The van der Waals surface area contributed by atoms with Crippen LogP contribution in [0.25, 0.3) is 0 Å². The first kappa shape index (κ1) is 20.1. The van der Waals surface area contributed by atoms with Crippen molar-refractivity contribution in [2.75, 3.05) is 31.8 Å². The molecule has 1 heterocycles. The lowest BCUT2D eigenvalue weighted by Crippen LogP contribution is -2.66. The number of nitrogens with zero attached hydrogens (tertiary/aromatic N) is 1. The summed E-state index contributed by atoms with van der Waals surface area (Å²) in [7, 11) is -0.995. The van der Waals surface area contributed by atoms with Gasteiger partial charge in [0.15, 0.2) is 11.6 Å². The Hall–Kier alpha value is -1.24. The van der Waals surface area contributed by atoms with Crippen molar-refractivity contribution in [2.24, 2.45) is 5.73 Å². The van der Waals surface area contributed by atoms with E-state index in [0.29, 0.717) is 0 Å². The maximum atomic E-state index is 14.4. The van der Waals surface area contributed by atoms with Crippen LogP contribution in [0, 0.1) is 11.6 Å². The van der Waals surface area contributed by atoms with Gasteiger partial charge in [0.25, 0.3) is 0 Å². The lowest BCUT2D eigenvalue weighted by molar-refractivity contribution is 0.211. The molecule has 1 aliphatic rings. The van der Waals surface area contributed by atoms with Gasteiger partial charge in [0.05, 0.1) is 17.9 Å². The van der Waals surface area contributed by atoms with Crippen molar-refractivity contribution in [2.45, 2.75) is 18.8 Å². The molecular formula is C14H20F2N4O3S2. The van der Waals surface area contributed by atoms with E-state index in [9.17, 15) is 17.2 Å². The summed E-state index contributed by atoms with van der Waals surface area (Å²) in [5.74, 6) is -2.76. The van der Waals surface area contributed by atoms with Crippen LogP contribution in [0.15, 0.2) is 12.1 Å². The molecule has 140 valence electrons. The molecule has 7 nitrogen and oxygen atoms in total. The van der Waals surface area contributed by atoms with Crippen LogP contribution in [-0.2, 0) is 20.3 Å². The highest BCUT2D eigenvalue weighted by molar-refractivity contribution is 7.89. The van der Waals surface area contributed by atoms with Gasteiger partial charge in [-0.05, 0) is 13.0 Å². The summed E-state index contributed by atoms with van der Waals surface area (Å²) in [4.78, 5) is 0.269. The fraction of sp³-hybridized carbons (Fsp3) is 0.500. The van der Waals surface area contributed by atoms with Crippen molar-refractivity contribution in [3.63, 3.8) is 0 Å². The predicted octanol–water partition coefficient (Wildman–Crippen LogP) is 0.673. The van der Waals surface area contributed by atoms with E-state index in [1.165, 1.54) is 27.1 Å². The van der Waals surface area contributed by atoms with Crippen molar-refractivity contribution >= 4 is 32.9 Å². The van der Waals surface area contributed by atoms with Gasteiger partial charge in [-0.3, -0.25) is 5.32 Å². The third-order valence-electron chi connectivity index (χ3n) is 3.95. The first-order valence-corrected chi connectivity index (χ1v) is 9.29. The van der Waals surface area contributed by atoms with E-state index >= 15 is 0 Å². The van der Waals surface area contributed by atoms with E-state index in [1.807, 2.05) is 0 Å². The first-order chi connectivity index (χ1) is 11.5. The molecule has 4 N–H and O–H groups in total. The molecule has 1 saturated heterocycles. The summed E-state index contributed by atoms with van der Waals surface area (Å²) in [5, 5.41) is 5.55. The average Bonchev–Trinajstić information content (AvgIpc) is 2.48. The highest BCUT2D eigenvalue weighted by Crippen LogP contribution is 2.33. The van der Waals surface area contributed by atoms with E-state index in [4.69, 9.17) is 22.7 Å². The van der Waals surface area contributed by atoms with Crippen LogP contribution >= 0.6 is 12.2 Å². The number of benzene rings is 1. The maximum absolute atomic E-state index is 14.4. The number of sulfonamides is 1. The Morgan fingerprint density at radius 1 is 1.56 bits per heavy atom. The van der Waals surface area contributed by atoms with Gasteiger partial charge in [-0.15, -0.1) is 0 Å². The number of nitrogens with two attached hydrogens (primary N) is 1. The second-order valence-electron chi connectivity index (χ2n) is 5.99. The molecule has 0 aliphatic carbocycles. The first-order valence-electron chi connectivity index (χ1n) is 7.27. The molecule has 0 aromatic heterocycles. The molecule has 1 aliphatic heterocycles. The van der Waals surface area contributed by atoms with Crippen molar-refractivity contribution in [1.29, 1.82) is 0 Å². The van der Waals surface area contributed by atoms with Crippen molar-refractivity contribution in [3.05, 3.63) is 29.3 Å². The Labute approximate surface area is 150 Å². The molecule has 2 atom stereocenters. The van der Waals surface area contributed by atoms with E-state index in [0.717, 1.165) is 10.4 Å². The summed E-state index contributed by atoms with van der Waals surface area (Å²) in [6, 6.07) is 2.24. The van der Waals surface area contributed by atoms with E-state index in [-0.39, 0.29) is 22.8 Å². The molecule has 11 heteroatoms. The zero-order valence-corrected chi connectivity index (χ0v) is 15.6. The second-order valence-corrected chi connectivity index (χ2v) is 8.52. The fourth-order valence-corrected chi connectivity index (χ4v) is 4.45. The summed E-state index contributed by atoms with van der Waals surface area (Å²) in [6.07, 6.45) is -1.07. The van der Waals surface area contributed by atoms with Gasteiger partial charge in [-0.25, -0.2) is 17.2 Å². The Kier molecular flexibility index (Phi) is 5.76. The van der Waals surface area contributed by atoms with Crippen LogP contribution in [0.5, 0.6) is 0 Å². The number of ether oxygens (including phenoxy) is 1. The quantitative estimate of drug-likeness (QED) is 0.646. The minimum Gasteiger partial charge on any atom is -0.378 e. The molecule has 0 spiro atoms. The number of methoxy groups -OCH3 is 1. The van der Waals surface area contributed by atoms with Gasteiger partial charge >= 0.3 is 0 Å². The summed E-state index contributed by atoms with van der Waals surface area (Å²) < 4.78 is 58.8. The number of halogens is 2. The fourth-order valence-electron chi connectivity index (χ4n) is 2.65. The van der Waals surface area contributed by atoms with Crippen LogP contribution in [-0.4, -0.2) is 50.5 Å². The van der Waals surface area contributed by atoms with Gasteiger partial charge in [-0.1, -0.05) is 12.2 Å². The summed E-state index contributed by atoms with van der Waals surface area (Å²) >= 11 is 5.02. The van der Waals surface area contributed by atoms with Crippen LogP contribution in [0.4, 0.5) is 14.5 Å². The van der Waals surface area contributed by atoms with Gasteiger partial charge in [0, 0.05) is 31.5 Å². The molecule has 1 unspecified atom stereocenters. The van der Waals surface area contributed by atoms with Crippen molar-refractivity contribution in [3.8, 4) is 0 Å². The number of rotatable bonds is 4. The molecule has 2 rings (SSSR count). The van der Waals surface area contributed by atoms with Crippen molar-refractivity contribution < 1.29 is 21.9 Å². The third-order valence-corrected chi connectivity index (χ3v) is 6.22. The molecule has 25 heavy (non-hydrogen) atoms. The Morgan fingerprint density at radius 3 is 2.76 bits per heavy atom. The highest BCUT2D eigenvalue weighted by atomic mass is 32.2. The molecule has 1 aromatic rings. The predicted molar refractivity (Wildman–Crippen MR) is 94.5 cm³/mol. The summed E-state index contributed by atoms with van der Waals surface area (Å²) in [6.45, 7) is 1.55. The zero-order valence-electron chi connectivity index (χ0n) is 14.0. The monoisotopic (exact) mass is 394 g/mol. The normalized spacial score (nSPS) is 26.4. The maximum Gasteiger partial charge on any atom is 0.218 e. The van der Waals surface area contributed by atoms with Gasteiger partial charge in [0.1, 0.15) is 11.3 Å². The number of hydrogen-bond donors (Lipinski definition) is 3. The van der Waals surface area contributed by atoms with Crippen LogP contribution < -0.4 is 16.4 Å². The van der Waals surface area contributed by atoms with E-state index in [1.54, 1.807) is 0 Å². The SMILES string of the molecule is COCC(=S)Nc1cc(F)c(F)c([C@]2(C)CS(=O)(=O)N(C)C(N)N2)c1. The Morgan fingerprint density at radius 2 is 2.20 bits per heavy atom. The topological polar surface area (TPSA) is 96.7 Å². The zero-order chi connectivity index (χ0) is 19.0. The number of hydrogen-bond acceptors (Lipinski definition) is 6. The highest BCUT2D eigenvalue weighted by Gasteiger charge is 2.44. The minimum atomic E-state index is -3.75. The minimum absolute atomic E-state index is 0.100. The lowest BCUT2D eigenvalue weighted by atomic mass is 9.92. The molecular weight excluding hydrogens is 374 g/mol. The standard InChI is InChI=1S/C14H20F2N4O3S2/c1-14(7-25(21,22)20(2)13(17)19-14)9-4-8(5-10(15)12(9)16)18-11(24)6-23-3/h4-5,13,19H,6-7,17H2,1-3H3,(H,18,24)/t13?,14-/m0/s1. The van der Waals surface area contributed by atoms with Crippen LogP contribution in [0.1, 0.15) is 12.5 Å². The van der Waals surface area contributed by atoms with Gasteiger partial charge in [0.2, 0.25) is 10.0 Å². The number of anilines is 1. The molecule has 1 fully saturated rings. The summed E-state index contributed by atoms with van der Waals surface area (Å²) in [5.41, 5.74) is 4.38. The molecule has 0 radical (unpaired) electrons. The molecule has 1 aromatic carbocycles. The van der Waals surface area contributed by atoms with E-state index in [2.05, 4.69) is 10.6 Å². The second kappa shape index (κ2) is 7.17. The lowest BCUT2D eigenvalue weighted by Gasteiger charge is -2.42.